The van der Waals surface area contributed by atoms with Crippen LogP contribution >= 0.6 is 35.3 Å². The van der Waals surface area contributed by atoms with Crippen molar-refractivity contribution in [1.29, 1.82) is 0 Å². The molecule has 1 aromatic heterocycles. The monoisotopic (exact) mass is 518 g/mol. The van der Waals surface area contributed by atoms with Gasteiger partial charge in [0.25, 0.3) is 0 Å². The minimum absolute atomic E-state index is 0. The summed E-state index contributed by atoms with van der Waals surface area (Å²) in [5.41, 5.74) is 1.13. The van der Waals surface area contributed by atoms with E-state index < -0.39 is 0 Å². The maximum atomic E-state index is 5.39. The summed E-state index contributed by atoms with van der Waals surface area (Å²) in [5, 5.41) is 7.82. The van der Waals surface area contributed by atoms with Gasteiger partial charge in [-0.15, -0.1) is 35.3 Å². The van der Waals surface area contributed by atoms with Crippen LogP contribution < -0.4 is 15.4 Å². The first-order valence-electron chi connectivity index (χ1n) is 9.41. The van der Waals surface area contributed by atoms with Crippen LogP contribution in [0.5, 0.6) is 5.75 Å². The molecule has 0 amide bonds. The van der Waals surface area contributed by atoms with Gasteiger partial charge in [0.15, 0.2) is 5.96 Å². The van der Waals surface area contributed by atoms with E-state index in [9.17, 15) is 0 Å². The van der Waals surface area contributed by atoms with Crippen molar-refractivity contribution < 1.29 is 9.47 Å². The van der Waals surface area contributed by atoms with Gasteiger partial charge in [0.2, 0.25) is 0 Å². The van der Waals surface area contributed by atoms with Crippen LogP contribution in [0.3, 0.4) is 0 Å². The Morgan fingerprint density at radius 2 is 1.96 bits per heavy atom. The molecule has 0 radical (unpaired) electrons. The van der Waals surface area contributed by atoms with E-state index in [4.69, 9.17) is 14.5 Å². The van der Waals surface area contributed by atoms with E-state index in [0.29, 0.717) is 13.1 Å². The van der Waals surface area contributed by atoms with Crippen LogP contribution in [0.25, 0.3) is 0 Å². The molecule has 0 spiro atoms. The molecule has 6 nitrogen and oxygen atoms in total. The standard InChI is InChI=1S/C20H30N4O2S.HI/c1-4-18-14-22-19(27-18)15-24-20(21-11-6-12-26-5-2)23-13-16-7-9-17(25-3)10-8-16;/h7-10,14H,4-6,11-13,15H2,1-3H3,(H2,21,23,24);1H. The average molecular weight is 518 g/mol. The number of aromatic nitrogens is 1. The highest BCUT2D eigenvalue weighted by Gasteiger charge is 2.04. The van der Waals surface area contributed by atoms with Crippen LogP contribution in [0, 0.1) is 0 Å². The van der Waals surface area contributed by atoms with Crippen LogP contribution in [0.4, 0.5) is 0 Å². The van der Waals surface area contributed by atoms with E-state index in [1.165, 1.54) is 4.88 Å². The normalized spacial score (nSPS) is 11.0. The number of methoxy groups -OCH3 is 1. The third-order valence-corrected chi connectivity index (χ3v) is 5.04. The molecule has 2 N–H and O–H groups in total. The van der Waals surface area contributed by atoms with Crippen molar-refractivity contribution in [3.63, 3.8) is 0 Å². The average Bonchev–Trinajstić information content (AvgIpc) is 3.17. The van der Waals surface area contributed by atoms with Crippen molar-refractivity contribution in [3.8, 4) is 5.75 Å². The zero-order chi connectivity index (χ0) is 19.3. The molecule has 8 heteroatoms. The summed E-state index contributed by atoms with van der Waals surface area (Å²) in [4.78, 5) is 10.5. The maximum absolute atomic E-state index is 5.39. The van der Waals surface area contributed by atoms with Gasteiger partial charge >= 0.3 is 0 Å². The summed E-state index contributed by atoms with van der Waals surface area (Å²) in [5.74, 6) is 1.64. The first kappa shape index (κ1) is 24.6. The molecule has 156 valence electrons. The van der Waals surface area contributed by atoms with Crippen LogP contribution in [0.1, 0.15) is 35.7 Å². The lowest BCUT2D eigenvalue weighted by molar-refractivity contribution is 0.145. The molecule has 0 atom stereocenters. The lowest BCUT2D eigenvalue weighted by Gasteiger charge is -2.12. The molecule has 2 aromatic rings. The summed E-state index contributed by atoms with van der Waals surface area (Å²) >= 11 is 1.74. The number of hydrogen-bond donors (Lipinski definition) is 2. The minimum atomic E-state index is 0. The molecule has 28 heavy (non-hydrogen) atoms. The topological polar surface area (TPSA) is 67.8 Å². The maximum Gasteiger partial charge on any atom is 0.191 e. The number of halogens is 1. The van der Waals surface area contributed by atoms with E-state index in [-0.39, 0.29) is 24.0 Å². The fourth-order valence-electron chi connectivity index (χ4n) is 2.35. The Bertz CT molecular complexity index is 692. The lowest BCUT2D eigenvalue weighted by Crippen LogP contribution is -2.37. The molecule has 0 bridgehead atoms. The van der Waals surface area contributed by atoms with Gasteiger partial charge in [-0.25, -0.2) is 9.98 Å². The Morgan fingerprint density at radius 3 is 2.61 bits per heavy atom. The number of aryl methyl sites for hydroxylation is 1. The number of nitrogens with one attached hydrogen (secondary N) is 2. The Morgan fingerprint density at radius 1 is 1.18 bits per heavy atom. The summed E-state index contributed by atoms with van der Waals surface area (Å²) in [6, 6.07) is 7.97. The molecule has 0 unspecified atom stereocenters. The second kappa shape index (κ2) is 14.6. The van der Waals surface area contributed by atoms with Crippen molar-refractivity contribution >= 4 is 41.3 Å². The molecule has 0 aliphatic rings. The van der Waals surface area contributed by atoms with Crippen LogP contribution in [-0.4, -0.2) is 37.8 Å². The first-order valence-corrected chi connectivity index (χ1v) is 10.2. The molecule has 0 fully saturated rings. The van der Waals surface area contributed by atoms with Gasteiger partial charge in [0.1, 0.15) is 10.8 Å². The third-order valence-electron chi connectivity index (χ3n) is 3.90. The first-order chi connectivity index (χ1) is 13.2. The molecule has 2 rings (SSSR count). The molecule has 0 aliphatic carbocycles. The van der Waals surface area contributed by atoms with E-state index in [1.807, 2.05) is 37.4 Å². The van der Waals surface area contributed by atoms with Gasteiger partial charge in [-0.1, -0.05) is 19.1 Å². The number of aliphatic imine (C=N–C) groups is 1. The Labute approximate surface area is 189 Å². The number of guanidine groups is 1. The largest absolute Gasteiger partial charge is 0.497 e. The van der Waals surface area contributed by atoms with Gasteiger partial charge < -0.3 is 20.1 Å². The number of ether oxygens (including phenoxy) is 2. The number of benzene rings is 1. The summed E-state index contributed by atoms with van der Waals surface area (Å²) < 4.78 is 10.6. The number of thiazole rings is 1. The van der Waals surface area contributed by atoms with Crippen LogP contribution in [0.2, 0.25) is 0 Å². The van der Waals surface area contributed by atoms with Crippen LogP contribution in [0.15, 0.2) is 35.5 Å². The van der Waals surface area contributed by atoms with Crippen molar-refractivity contribution in [2.24, 2.45) is 4.99 Å². The predicted molar refractivity (Wildman–Crippen MR) is 127 cm³/mol. The SMILES string of the molecule is CCOCCCNC(=NCc1ccc(OC)cc1)NCc1ncc(CC)s1.I. The lowest BCUT2D eigenvalue weighted by atomic mass is 10.2. The third kappa shape index (κ3) is 9.20. The van der Waals surface area contributed by atoms with Gasteiger partial charge in [-0.05, 0) is 37.5 Å². The molecular formula is C20H31IN4O2S. The zero-order valence-corrected chi connectivity index (χ0v) is 20.0. The molecule has 0 saturated carbocycles. The van der Waals surface area contributed by atoms with E-state index in [0.717, 1.165) is 54.9 Å². The summed E-state index contributed by atoms with van der Waals surface area (Å²) in [7, 11) is 1.67. The van der Waals surface area contributed by atoms with Gasteiger partial charge in [-0.2, -0.15) is 0 Å². The van der Waals surface area contributed by atoms with E-state index in [1.54, 1.807) is 18.4 Å². The van der Waals surface area contributed by atoms with Crippen molar-refractivity contribution in [3.05, 3.63) is 45.9 Å². The van der Waals surface area contributed by atoms with E-state index >= 15 is 0 Å². The fraction of sp³-hybridized carbons (Fsp3) is 0.500. The van der Waals surface area contributed by atoms with Crippen molar-refractivity contribution in [1.82, 2.24) is 15.6 Å². The Kier molecular flexibility index (Phi) is 12.8. The van der Waals surface area contributed by atoms with Gasteiger partial charge in [-0.3, -0.25) is 0 Å². The van der Waals surface area contributed by atoms with E-state index in [2.05, 4.69) is 22.5 Å². The number of hydrogen-bond acceptors (Lipinski definition) is 5. The summed E-state index contributed by atoms with van der Waals surface area (Å²) in [6.07, 6.45) is 3.91. The predicted octanol–water partition coefficient (Wildman–Crippen LogP) is 3.99. The Hall–Kier alpha value is -1.39. The second-order valence-corrected chi connectivity index (χ2v) is 7.12. The van der Waals surface area contributed by atoms with Crippen molar-refractivity contribution in [2.75, 3.05) is 26.9 Å². The highest BCUT2D eigenvalue weighted by molar-refractivity contribution is 14.0. The molecule has 0 saturated heterocycles. The summed E-state index contributed by atoms with van der Waals surface area (Å²) in [6.45, 7) is 7.74. The highest BCUT2D eigenvalue weighted by Crippen LogP contribution is 2.13. The fourth-order valence-corrected chi connectivity index (χ4v) is 3.16. The van der Waals surface area contributed by atoms with Gasteiger partial charge in [0, 0.05) is 30.8 Å². The van der Waals surface area contributed by atoms with Gasteiger partial charge in [0.05, 0.1) is 20.2 Å². The minimum Gasteiger partial charge on any atom is -0.497 e. The molecule has 0 aliphatic heterocycles. The van der Waals surface area contributed by atoms with Crippen molar-refractivity contribution in [2.45, 2.75) is 39.8 Å². The number of nitrogens with zero attached hydrogens (tertiary/aromatic N) is 2. The number of rotatable bonds is 11. The molecule has 1 aromatic carbocycles. The molecular weight excluding hydrogens is 487 g/mol. The quantitative estimate of drug-likeness (QED) is 0.204. The van der Waals surface area contributed by atoms with Crippen LogP contribution in [-0.2, 0) is 24.2 Å². The highest BCUT2D eigenvalue weighted by atomic mass is 127. The Balaban J connectivity index is 0.00000392. The second-order valence-electron chi connectivity index (χ2n) is 5.92. The smallest absolute Gasteiger partial charge is 0.191 e. The zero-order valence-electron chi connectivity index (χ0n) is 16.9. The molecule has 1 heterocycles.